The van der Waals surface area contributed by atoms with E-state index in [1.807, 2.05) is 18.2 Å². The van der Waals surface area contributed by atoms with E-state index in [4.69, 9.17) is 20.6 Å². The average molecular weight is 647 g/mol. The van der Waals surface area contributed by atoms with Gasteiger partial charge in [-0.1, -0.05) is 30.3 Å². The Hall–Kier alpha value is -1.48. The molecule has 0 radical (unpaired) electrons. The first-order valence-electron chi connectivity index (χ1n) is 13.5. The highest BCUT2D eigenvalue weighted by atomic mass is 28.5. The Morgan fingerprint density at radius 1 is 0.475 bits per heavy atom. The predicted octanol–water partition coefficient (Wildman–Crippen LogP) is 7.23. The van der Waals surface area contributed by atoms with Crippen molar-refractivity contribution in [2.75, 3.05) is 0 Å². The molecule has 0 bridgehead atoms. The summed E-state index contributed by atoms with van der Waals surface area (Å²) in [5.41, 5.74) is 2.66. The van der Waals surface area contributed by atoms with Gasteiger partial charge in [-0.05, 0) is 114 Å². The van der Waals surface area contributed by atoms with Gasteiger partial charge in [0, 0.05) is 0 Å². The molecular formula is C27H46N2O5Si6. The van der Waals surface area contributed by atoms with Crippen molar-refractivity contribution in [3.63, 3.8) is 0 Å². The summed E-state index contributed by atoms with van der Waals surface area (Å²) in [7, 11) is -14.0. The topological polar surface area (TPSA) is 93.7 Å². The van der Waals surface area contributed by atoms with Gasteiger partial charge >= 0.3 is 34.2 Å². The van der Waals surface area contributed by atoms with Crippen LogP contribution in [-0.2, 0) is 20.6 Å². The van der Waals surface area contributed by atoms with Crippen LogP contribution in [0.5, 0.6) is 0 Å². The van der Waals surface area contributed by atoms with E-state index >= 15 is 0 Å². The Balaban J connectivity index is 2.14. The smallest absolute Gasteiger partial charge is 0.314 e. The fourth-order valence-electron chi connectivity index (χ4n) is 5.25. The van der Waals surface area contributed by atoms with Crippen LogP contribution in [0.4, 0.5) is 0 Å². The van der Waals surface area contributed by atoms with Crippen LogP contribution < -0.4 is 5.19 Å². The largest absolute Gasteiger partial charge is 0.437 e. The molecule has 0 spiro atoms. The third-order valence-electron chi connectivity index (χ3n) is 5.70. The minimum absolute atomic E-state index is 0.382. The van der Waals surface area contributed by atoms with Gasteiger partial charge in [0.25, 0.3) is 0 Å². The fraction of sp³-hybridized carbons (Fsp3) is 0.481. The molecule has 2 aromatic rings. The van der Waals surface area contributed by atoms with Crippen molar-refractivity contribution in [1.82, 2.24) is 0 Å². The van der Waals surface area contributed by atoms with E-state index < -0.39 is 50.9 Å². The van der Waals surface area contributed by atoms with Crippen LogP contribution in [0.1, 0.15) is 11.1 Å². The molecule has 40 heavy (non-hydrogen) atoms. The summed E-state index contributed by atoms with van der Waals surface area (Å²) >= 11 is 0. The highest BCUT2D eigenvalue weighted by molar-refractivity contribution is 6.94. The summed E-state index contributed by atoms with van der Waals surface area (Å²) in [6.45, 7) is 27.6. The molecule has 218 valence electrons. The predicted molar refractivity (Wildman–Crippen MR) is 177 cm³/mol. The Bertz CT molecular complexity index is 1280. The molecule has 0 saturated heterocycles. The van der Waals surface area contributed by atoms with E-state index in [0.29, 0.717) is 11.1 Å². The van der Waals surface area contributed by atoms with Crippen LogP contribution in [0.15, 0.2) is 42.5 Å². The second kappa shape index (κ2) is 12.4. The van der Waals surface area contributed by atoms with Crippen LogP contribution >= 0.6 is 0 Å². The zero-order valence-electron chi connectivity index (χ0n) is 26.5. The normalized spacial score (nSPS) is 13.6. The third-order valence-corrected chi connectivity index (χ3v) is 27.6. The van der Waals surface area contributed by atoms with Crippen molar-refractivity contribution in [2.24, 2.45) is 0 Å². The molecule has 0 atom stereocenters. The maximum Gasteiger partial charge on any atom is 0.314 e. The zero-order chi connectivity index (χ0) is 30.8. The van der Waals surface area contributed by atoms with E-state index in [-0.39, 0.29) is 0 Å². The summed E-state index contributed by atoms with van der Waals surface area (Å²) in [4.78, 5) is 0. The number of benzene rings is 2. The SMILES string of the molecule is C[Si](C)(C)O[Si](C)(C)O[Si](C)(C)O[Si](C)(C)O[Si](C)(C)O[Si](C)(C)c1ccc(-c2ccc(C#N)c(C#N)c2)cc1. The average Bonchev–Trinajstić information content (AvgIpc) is 2.73. The molecule has 0 unspecified atom stereocenters. The first kappa shape index (κ1) is 34.7. The van der Waals surface area contributed by atoms with E-state index in [9.17, 15) is 10.5 Å². The number of hydrogen-bond donors (Lipinski definition) is 0. The number of nitriles is 2. The molecule has 0 aliphatic heterocycles. The second-order valence-electron chi connectivity index (χ2n) is 13.3. The van der Waals surface area contributed by atoms with Gasteiger partial charge in [-0.25, -0.2) is 0 Å². The van der Waals surface area contributed by atoms with E-state index in [0.717, 1.165) is 16.3 Å². The first-order chi connectivity index (χ1) is 18.0. The van der Waals surface area contributed by atoms with Crippen molar-refractivity contribution < 1.29 is 20.6 Å². The molecular weight excluding hydrogens is 601 g/mol. The summed E-state index contributed by atoms with van der Waals surface area (Å²) < 4.78 is 33.2. The highest BCUT2D eigenvalue weighted by Crippen LogP contribution is 2.28. The standard InChI is InChI=1S/C27H46N2O5Si6/c1-35(2,3)30-37(6,7)32-39(10,11)34-40(12,13)33-38(8,9)31-36(4,5)27-18-16-23(17-19-27)24-14-15-25(21-28)26(20-24)22-29/h14-20H,1-13H3. The number of hydrogen-bond acceptors (Lipinski definition) is 7. The first-order valence-corrected chi connectivity index (χ1v) is 31.1. The van der Waals surface area contributed by atoms with Gasteiger partial charge in [0.2, 0.25) is 8.32 Å². The minimum atomic E-state index is -2.58. The summed E-state index contributed by atoms with van der Waals surface area (Å²) in [6.07, 6.45) is 0. The monoisotopic (exact) mass is 646 g/mol. The quantitative estimate of drug-likeness (QED) is 0.225. The molecule has 2 aromatic carbocycles. The molecule has 0 aliphatic carbocycles. The molecule has 13 heteroatoms. The molecule has 7 nitrogen and oxygen atoms in total. The number of nitrogens with zero attached hydrogens (tertiary/aromatic N) is 2. The van der Waals surface area contributed by atoms with Gasteiger partial charge in [0.05, 0.1) is 11.1 Å². The molecule has 0 aromatic heterocycles. The van der Waals surface area contributed by atoms with Crippen molar-refractivity contribution in [3.05, 3.63) is 53.6 Å². The Morgan fingerprint density at radius 3 is 1.30 bits per heavy atom. The molecule has 0 N–H and O–H groups in total. The fourth-order valence-corrected chi connectivity index (χ4v) is 33.9. The van der Waals surface area contributed by atoms with Crippen molar-refractivity contribution >= 4 is 56.1 Å². The lowest BCUT2D eigenvalue weighted by atomic mass is 10.0. The van der Waals surface area contributed by atoms with Crippen molar-refractivity contribution in [1.29, 1.82) is 10.5 Å². The lowest BCUT2D eigenvalue weighted by molar-refractivity contribution is 0.283. The minimum Gasteiger partial charge on any atom is -0.437 e. The Labute approximate surface area is 248 Å². The van der Waals surface area contributed by atoms with Gasteiger partial charge in [0.1, 0.15) is 12.1 Å². The van der Waals surface area contributed by atoms with Gasteiger partial charge < -0.3 is 20.6 Å². The van der Waals surface area contributed by atoms with Crippen LogP contribution in [0.25, 0.3) is 11.1 Å². The van der Waals surface area contributed by atoms with Crippen molar-refractivity contribution in [2.45, 2.75) is 85.1 Å². The second-order valence-corrected chi connectivity index (χ2v) is 36.4. The molecule has 0 heterocycles. The van der Waals surface area contributed by atoms with Gasteiger partial charge in [-0.2, -0.15) is 10.5 Å². The zero-order valence-corrected chi connectivity index (χ0v) is 32.5. The molecule has 0 aliphatic rings. The number of rotatable bonds is 12. The molecule has 0 amide bonds. The van der Waals surface area contributed by atoms with Gasteiger partial charge in [0.15, 0.2) is 8.32 Å². The molecule has 0 fully saturated rings. The highest BCUT2D eigenvalue weighted by Gasteiger charge is 2.47. The molecule has 0 saturated carbocycles. The molecule has 2 rings (SSSR count). The van der Waals surface area contributed by atoms with Crippen LogP contribution in [0.2, 0.25) is 85.1 Å². The lowest BCUT2D eigenvalue weighted by Gasteiger charge is -2.43. The summed E-state index contributed by atoms with van der Waals surface area (Å²) in [5, 5.41) is 19.7. The van der Waals surface area contributed by atoms with Gasteiger partial charge in [-0.3, -0.25) is 0 Å². The van der Waals surface area contributed by atoms with Crippen LogP contribution in [0.3, 0.4) is 0 Å². The van der Waals surface area contributed by atoms with E-state index in [2.05, 4.69) is 109 Å². The lowest BCUT2D eigenvalue weighted by Crippen LogP contribution is -2.61. The summed E-state index contributed by atoms with van der Waals surface area (Å²) in [5.74, 6) is 0. The van der Waals surface area contributed by atoms with Crippen LogP contribution in [-0.4, -0.2) is 50.9 Å². The Morgan fingerprint density at radius 2 is 0.875 bits per heavy atom. The van der Waals surface area contributed by atoms with Crippen LogP contribution in [0, 0.1) is 22.7 Å². The maximum absolute atomic E-state index is 9.38. The van der Waals surface area contributed by atoms with Gasteiger partial charge in [-0.15, -0.1) is 0 Å². The third kappa shape index (κ3) is 10.7. The van der Waals surface area contributed by atoms with E-state index in [1.165, 1.54) is 0 Å². The van der Waals surface area contributed by atoms with Crippen molar-refractivity contribution in [3.8, 4) is 23.3 Å². The summed E-state index contributed by atoms with van der Waals surface area (Å²) in [6, 6.07) is 17.8. The van der Waals surface area contributed by atoms with E-state index in [1.54, 1.807) is 12.1 Å². The maximum atomic E-state index is 9.38. The Kier molecular flexibility index (Phi) is 10.8.